The topological polar surface area (TPSA) is 42.4 Å². The Hall–Kier alpha value is -1.42. The molecule has 0 atom stereocenters. The van der Waals surface area contributed by atoms with E-state index in [1.165, 1.54) is 20.0 Å². The third kappa shape index (κ3) is 3.03. The summed E-state index contributed by atoms with van der Waals surface area (Å²) in [6, 6.07) is 4.41. The second-order valence-corrected chi connectivity index (χ2v) is 4.32. The molecule has 4 nitrogen and oxygen atoms in total. The Kier molecular flexibility index (Phi) is 3.74. The number of hydrogen-bond acceptors (Lipinski definition) is 4. The number of carbonyl (C=O) groups is 1. The molecule has 92 valence electrons. The molecular formula is C13H18N2O2. The van der Waals surface area contributed by atoms with E-state index in [1.54, 1.807) is 12.3 Å². The number of rotatable bonds is 5. The monoisotopic (exact) mass is 234 g/mol. The van der Waals surface area contributed by atoms with Crippen LogP contribution < -0.4 is 0 Å². The number of carbonyl (C=O) groups excluding carboxylic acids is 1. The minimum Gasteiger partial charge on any atom is -0.465 e. The van der Waals surface area contributed by atoms with E-state index in [0.29, 0.717) is 5.56 Å². The van der Waals surface area contributed by atoms with E-state index >= 15 is 0 Å². The Balaban J connectivity index is 1.99. The van der Waals surface area contributed by atoms with Gasteiger partial charge in [0.1, 0.15) is 0 Å². The summed E-state index contributed by atoms with van der Waals surface area (Å²) in [6.07, 6.45) is 4.18. The molecule has 1 aliphatic rings. The molecule has 1 fully saturated rings. The molecule has 1 saturated carbocycles. The highest BCUT2D eigenvalue weighted by atomic mass is 16.5. The second kappa shape index (κ2) is 5.27. The average Bonchev–Trinajstić information content (AvgIpc) is 3.20. The van der Waals surface area contributed by atoms with E-state index in [4.69, 9.17) is 0 Å². The lowest BCUT2D eigenvalue weighted by Crippen LogP contribution is -2.25. The molecule has 0 N–H and O–H groups in total. The zero-order chi connectivity index (χ0) is 12.3. The first-order chi connectivity index (χ1) is 8.24. The molecule has 1 aromatic heterocycles. The zero-order valence-corrected chi connectivity index (χ0v) is 10.3. The number of ether oxygens (including phenoxy) is 1. The molecule has 0 bridgehead atoms. The lowest BCUT2D eigenvalue weighted by Gasteiger charge is -2.19. The highest BCUT2D eigenvalue weighted by Crippen LogP contribution is 2.27. The van der Waals surface area contributed by atoms with Crippen LogP contribution in [0.2, 0.25) is 0 Å². The van der Waals surface area contributed by atoms with Crippen molar-refractivity contribution < 1.29 is 9.53 Å². The molecule has 0 radical (unpaired) electrons. The van der Waals surface area contributed by atoms with Gasteiger partial charge in [-0.05, 0) is 31.5 Å². The van der Waals surface area contributed by atoms with E-state index < -0.39 is 0 Å². The smallest absolute Gasteiger partial charge is 0.339 e. The third-order valence-electron chi connectivity index (χ3n) is 3.08. The fourth-order valence-electron chi connectivity index (χ4n) is 1.90. The van der Waals surface area contributed by atoms with Crippen LogP contribution in [0.5, 0.6) is 0 Å². The molecule has 1 heterocycles. The maximum atomic E-state index is 11.2. The van der Waals surface area contributed by atoms with Gasteiger partial charge in [0.2, 0.25) is 0 Å². The molecule has 4 heteroatoms. The minimum absolute atomic E-state index is 0.335. The Morgan fingerprint density at radius 3 is 2.76 bits per heavy atom. The van der Waals surface area contributed by atoms with E-state index in [0.717, 1.165) is 24.8 Å². The van der Waals surface area contributed by atoms with Gasteiger partial charge in [0.15, 0.2) is 0 Å². The largest absolute Gasteiger partial charge is 0.465 e. The van der Waals surface area contributed by atoms with Gasteiger partial charge in [0.25, 0.3) is 0 Å². The highest BCUT2D eigenvalue weighted by Gasteiger charge is 2.27. The van der Waals surface area contributed by atoms with Crippen LogP contribution in [0.3, 0.4) is 0 Å². The van der Waals surface area contributed by atoms with Gasteiger partial charge in [0, 0.05) is 18.8 Å². The van der Waals surface area contributed by atoms with Crippen LogP contribution in [0.25, 0.3) is 0 Å². The maximum Gasteiger partial charge on any atom is 0.339 e. The molecule has 0 aromatic carbocycles. The predicted molar refractivity (Wildman–Crippen MR) is 64.7 cm³/mol. The van der Waals surface area contributed by atoms with Crippen molar-refractivity contribution >= 4 is 5.97 Å². The van der Waals surface area contributed by atoms with Crippen LogP contribution in [0, 0.1) is 0 Å². The Bertz CT molecular complexity index is 385. The molecular weight excluding hydrogens is 216 g/mol. The number of methoxy groups -OCH3 is 1. The molecule has 1 aromatic rings. The summed E-state index contributed by atoms with van der Waals surface area (Å²) in [6.45, 7) is 4.08. The van der Waals surface area contributed by atoms with Crippen LogP contribution in [-0.2, 0) is 11.3 Å². The van der Waals surface area contributed by atoms with Gasteiger partial charge in [-0.1, -0.05) is 6.92 Å². The van der Waals surface area contributed by atoms with Crippen molar-refractivity contribution in [3.8, 4) is 0 Å². The number of hydrogen-bond donors (Lipinski definition) is 0. The van der Waals surface area contributed by atoms with Crippen molar-refractivity contribution in [2.75, 3.05) is 13.7 Å². The summed E-state index contributed by atoms with van der Waals surface area (Å²) >= 11 is 0. The molecule has 2 rings (SSSR count). The van der Waals surface area contributed by atoms with Gasteiger partial charge in [-0.15, -0.1) is 0 Å². The summed E-state index contributed by atoms with van der Waals surface area (Å²) in [5.74, 6) is -0.335. The normalized spacial score (nSPS) is 15.0. The first kappa shape index (κ1) is 12.0. The summed E-state index contributed by atoms with van der Waals surface area (Å²) in [7, 11) is 1.38. The van der Waals surface area contributed by atoms with Crippen LogP contribution in [0.15, 0.2) is 18.3 Å². The number of nitrogens with zero attached hydrogens (tertiary/aromatic N) is 2. The first-order valence-corrected chi connectivity index (χ1v) is 6.02. The van der Waals surface area contributed by atoms with Crippen LogP contribution in [0.4, 0.5) is 0 Å². The summed E-state index contributed by atoms with van der Waals surface area (Å²) in [4.78, 5) is 18.0. The average molecular weight is 234 g/mol. The van der Waals surface area contributed by atoms with Gasteiger partial charge >= 0.3 is 5.97 Å². The van der Waals surface area contributed by atoms with Crippen molar-refractivity contribution in [1.82, 2.24) is 9.88 Å². The fraction of sp³-hybridized carbons (Fsp3) is 0.538. The molecule has 0 aliphatic heterocycles. The SMILES string of the molecule is CCN(Cc1ccc(C(=O)OC)cn1)C1CC1. The fourth-order valence-corrected chi connectivity index (χ4v) is 1.90. The molecule has 0 spiro atoms. The van der Waals surface area contributed by atoms with Crippen LogP contribution in [0.1, 0.15) is 35.8 Å². The van der Waals surface area contributed by atoms with E-state index in [9.17, 15) is 4.79 Å². The first-order valence-electron chi connectivity index (χ1n) is 6.02. The number of pyridine rings is 1. The second-order valence-electron chi connectivity index (χ2n) is 4.32. The lowest BCUT2D eigenvalue weighted by molar-refractivity contribution is 0.0600. The highest BCUT2D eigenvalue weighted by molar-refractivity contribution is 5.88. The predicted octanol–water partition coefficient (Wildman–Crippen LogP) is 1.85. The molecule has 1 aliphatic carbocycles. The minimum atomic E-state index is -0.335. The van der Waals surface area contributed by atoms with Crippen molar-refractivity contribution in [1.29, 1.82) is 0 Å². The van der Waals surface area contributed by atoms with E-state index in [1.807, 2.05) is 6.07 Å². The van der Waals surface area contributed by atoms with Gasteiger partial charge in [0.05, 0.1) is 18.4 Å². The standard InChI is InChI=1S/C13H18N2O2/c1-3-15(12-6-7-12)9-11-5-4-10(8-14-11)13(16)17-2/h4-5,8,12H,3,6-7,9H2,1-2H3. The van der Waals surface area contributed by atoms with Crippen LogP contribution in [-0.4, -0.2) is 35.5 Å². The van der Waals surface area contributed by atoms with Gasteiger partial charge in [-0.25, -0.2) is 4.79 Å². The summed E-state index contributed by atoms with van der Waals surface area (Å²) in [5, 5.41) is 0. The molecule has 0 amide bonds. The van der Waals surface area contributed by atoms with Crippen molar-refractivity contribution in [2.24, 2.45) is 0 Å². The summed E-state index contributed by atoms with van der Waals surface area (Å²) < 4.78 is 4.64. The molecule has 0 saturated heterocycles. The van der Waals surface area contributed by atoms with Gasteiger partial charge in [-0.2, -0.15) is 0 Å². The van der Waals surface area contributed by atoms with Crippen molar-refractivity contribution in [2.45, 2.75) is 32.4 Å². The molecule has 0 unspecified atom stereocenters. The third-order valence-corrected chi connectivity index (χ3v) is 3.08. The Labute approximate surface area is 102 Å². The van der Waals surface area contributed by atoms with Crippen LogP contribution >= 0.6 is 0 Å². The maximum absolute atomic E-state index is 11.2. The Morgan fingerprint density at radius 2 is 2.29 bits per heavy atom. The van der Waals surface area contributed by atoms with Gasteiger partial charge in [-0.3, -0.25) is 9.88 Å². The van der Waals surface area contributed by atoms with Crippen molar-refractivity contribution in [3.05, 3.63) is 29.6 Å². The summed E-state index contributed by atoms with van der Waals surface area (Å²) in [5.41, 5.74) is 1.51. The quantitative estimate of drug-likeness (QED) is 0.729. The zero-order valence-electron chi connectivity index (χ0n) is 10.3. The van der Waals surface area contributed by atoms with E-state index in [-0.39, 0.29) is 5.97 Å². The number of esters is 1. The molecule has 17 heavy (non-hydrogen) atoms. The lowest BCUT2D eigenvalue weighted by atomic mass is 10.2. The number of aromatic nitrogens is 1. The van der Waals surface area contributed by atoms with Gasteiger partial charge < -0.3 is 4.74 Å². The Morgan fingerprint density at radius 1 is 1.53 bits per heavy atom. The van der Waals surface area contributed by atoms with E-state index in [2.05, 4.69) is 21.5 Å². The van der Waals surface area contributed by atoms with Crippen molar-refractivity contribution in [3.63, 3.8) is 0 Å².